The van der Waals surface area contributed by atoms with Gasteiger partial charge in [-0.3, -0.25) is 4.90 Å². The Hall–Kier alpha value is -2.69. The molecule has 0 atom stereocenters. The molecule has 2 aromatic rings. The van der Waals surface area contributed by atoms with Crippen LogP contribution in [-0.4, -0.2) is 98.6 Å². The highest BCUT2D eigenvalue weighted by molar-refractivity contribution is 7.80. The van der Waals surface area contributed by atoms with E-state index in [1.54, 1.807) is 0 Å². The van der Waals surface area contributed by atoms with Crippen LogP contribution in [-0.2, 0) is 4.74 Å². The summed E-state index contributed by atoms with van der Waals surface area (Å²) in [5.41, 5.74) is 1.28. The van der Waals surface area contributed by atoms with Gasteiger partial charge >= 0.3 is 0 Å². The van der Waals surface area contributed by atoms with Crippen LogP contribution in [0.3, 0.4) is 0 Å². The van der Waals surface area contributed by atoms with Gasteiger partial charge in [-0.05, 0) is 37.2 Å². The second-order valence-electron chi connectivity index (χ2n) is 9.25. The van der Waals surface area contributed by atoms with Gasteiger partial charge < -0.3 is 30.1 Å². The fourth-order valence-corrected chi connectivity index (χ4v) is 5.07. The largest absolute Gasteiger partial charge is 0.379 e. The molecule has 0 spiro atoms. The lowest BCUT2D eigenvalue weighted by molar-refractivity contribution is 0.0389. The van der Waals surface area contributed by atoms with E-state index in [0.717, 1.165) is 90.3 Å². The third-order valence-corrected chi connectivity index (χ3v) is 7.14. The maximum atomic E-state index is 5.57. The molecule has 0 bridgehead atoms. The van der Waals surface area contributed by atoms with E-state index in [9.17, 15) is 0 Å². The summed E-state index contributed by atoms with van der Waals surface area (Å²) in [6, 6.07) is 12.8. The van der Waals surface area contributed by atoms with Crippen molar-refractivity contribution in [2.24, 2.45) is 0 Å². The number of aromatic nitrogens is 2. The SMILES string of the molecule is S=C(NCCN1CCOCC1)Nc1nc(N2CCCC2)cc(N2CCN(c3ccccc3)CC2)n1. The molecule has 4 heterocycles. The number of morpholine rings is 1. The van der Waals surface area contributed by atoms with E-state index < -0.39 is 0 Å². The minimum Gasteiger partial charge on any atom is -0.379 e. The van der Waals surface area contributed by atoms with Crippen LogP contribution in [0.5, 0.6) is 0 Å². The van der Waals surface area contributed by atoms with Gasteiger partial charge in [-0.25, -0.2) is 0 Å². The Morgan fingerprint density at radius 3 is 2.14 bits per heavy atom. The second kappa shape index (κ2) is 11.8. The molecule has 3 fully saturated rings. The lowest BCUT2D eigenvalue weighted by Gasteiger charge is -2.37. The van der Waals surface area contributed by atoms with Crippen LogP contribution in [0.15, 0.2) is 36.4 Å². The maximum absolute atomic E-state index is 5.57. The van der Waals surface area contributed by atoms with E-state index in [4.69, 9.17) is 26.9 Å². The van der Waals surface area contributed by atoms with E-state index in [1.165, 1.54) is 18.5 Å². The summed E-state index contributed by atoms with van der Waals surface area (Å²) in [5.74, 6) is 2.52. The van der Waals surface area contributed by atoms with Crippen LogP contribution >= 0.6 is 12.2 Å². The molecule has 0 radical (unpaired) electrons. The zero-order valence-corrected chi connectivity index (χ0v) is 21.2. The van der Waals surface area contributed by atoms with Gasteiger partial charge in [-0.15, -0.1) is 0 Å². The number of hydrogen-bond acceptors (Lipinski definition) is 8. The van der Waals surface area contributed by atoms with E-state index in [2.05, 4.69) is 66.6 Å². The third-order valence-electron chi connectivity index (χ3n) is 6.90. The summed E-state index contributed by atoms with van der Waals surface area (Å²) in [6.07, 6.45) is 2.42. The number of nitrogens with zero attached hydrogens (tertiary/aromatic N) is 6. The first-order valence-corrected chi connectivity index (χ1v) is 13.2. The van der Waals surface area contributed by atoms with Crippen molar-refractivity contribution in [3.05, 3.63) is 36.4 Å². The van der Waals surface area contributed by atoms with Gasteiger partial charge in [0.05, 0.1) is 13.2 Å². The minimum absolute atomic E-state index is 0.566. The van der Waals surface area contributed by atoms with Crippen LogP contribution in [0.2, 0.25) is 0 Å². The quantitative estimate of drug-likeness (QED) is 0.556. The summed E-state index contributed by atoms with van der Waals surface area (Å²) in [5, 5.41) is 7.13. The van der Waals surface area contributed by atoms with Gasteiger partial charge in [0.1, 0.15) is 11.6 Å². The molecule has 0 amide bonds. The number of piperazine rings is 1. The van der Waals surface area contributed by atoms with Crippen molar-refractivity contribution in [3.63, 3.8) is 0 Å². The monoisotopic (exact) mass is 496 g/mol. The number of benzene rings is 1. The summed E-state index contributed by atoms with van der Waals surface area (Å²) in [7, 11) is 0. The first-order valence-electron chi connectivity index (χ1n) is 12.8. The van der Waals surface area contributed by atoms with Crippen molar-refractivity contribution in [1.82, 2.24) is 20.2 Å². The standard InChI is InChI=1S/C25H36N8OS/c35-25(26-8-11-30-16-18-34-19-17-30)29-24-27-22(32-9-4-5-10-32)20-23(28-24)33-14-12-31(13-15-33)21-6-2-1-3-7-21/h1-3,6-7,20H,4-5,8-19H2,(H2,26,27,28,29,35). The van der Waals surface area contributed by atoms with Gasteiger partial charge in [0.25, 0.3) is 0 Å². The second-order valence-corrected chi connectivity index (χ2v) is 9.65. The summed E-state index contributed by atoms with van der Waals surface area (Å²) in [4.78, 5) is 19.2. The first-order chi connectivity index (χ1) is 17.2. The summed E-state index contributed by atoms with van der Waals surface area (Å²) in [6.45, 7) is 11.2. The molecule has 0 saturated carbocycles. The molecule has 35 heavy (non-hydrogen) atoms. The molecular weight excluding hydrogens is 460 g/mol. The molecule has 9 nitrogen and oxygen atoms in total. The van der Waals surface area contributed by atoms with Crippen LogP contribution in [0.4, 0.5) is 23.3 Å². The molecule has 3 aliphatic heterocycles. The molecule has 0 unspecified atom stereocenters. The maximum Gasteiger partial charge on any atom is 0.232 e. The number of thiocarbonyl (C=S) groups is 1. The van der Waals surface area contributed by atoms with Gasteiger partial charge in [-0.1, -0.05) is 18.2 Å². The Kier molecular flexibility index (Phi) is 8.12. The van der Waals surface area contributed by atoms with Crippen molar-refractivity contribution in [2.45, 2.75) is 12.8 Å². The first kappa shape index (κ1) is 24.0. The topological polar surface area (TPSA) is 72.0 Å². The number of nitrogens with one attached hydrogen (secondary N) is 2. The average molecular weight is 497 g/mol. The number of para-hydroxylation sites is 1. The molecule has 10 heteroatoms. The number of ether oxygens (including phenoxy) is 1. The summed E-state index contributed by atoms with van der Waals surface area (Å²) < 4.78 is 5.42. The van der Waals surface area contributed by atoms with Crippen LogP contribution in [0.1, 0.15) is 12.8 Å². The van der Waals surface area contributed by atoms with Crippen LogP contribution < -0.4 is 25.3 Å². The van der Waals surface area contributed by atoms with Gasteiger partial charge in [0.15, 0.2) is 5.11 Å². The lowest BCUT2D eigenvalue weighted by atomic mass is 10.2. The van der Waals surface area contributed by atoms with E-state index in [-0.39, 0.29) is 0 Å². The van der Waals surface area contributed by atoms with E-state index >= 15 is 0 Å². The van der Waals surface area contributed by atoms with Crippen molar-refractivity contribution >= 4 is 40.6 Å². The average Bonchev–Trinajstić information content (AvgIpc) is 3.45. The molecule has 2 N–H and O–H groups in total. The molecular formula is C25H36N8OS. The highest BCUT2D eigenvalue weighted by atomic mass is 32.1. The predicted molar refractivity (Wildman–Crippen MR) is 146 cm³/mol. The highest BCUT2D eigenvalue weighted by Gasteiger charge is 2.22. The van der Waals surface area contributed by atoms with Crippen molar-refractivity contribution in [3.8, 4) is 0 Å². The van der Waals surface area contributed by atoms with E-state index in [0.29, 0.717) is 11.1 Å². The molecule has 3 saturated heterocycles. The Morgan fingerprint density at radius 1 is 0.829 bits per heavy atom. The Labute approximate surface area is 213 Å². The predicted octanol–water partition coefficient (Wildman–Crippen LogP) is 2.02. The van der Waals surface area contributed by atoms with Crippen molar-refractivity contribution in [2.75, 3.05) is 98.7 Å². The zero-order valence-electron chi connectivity index (χ0n) is 20.4. The molecule has 188 valence electrons. The van der Waals surface area contributed by atoms with Crippen molar-refractivity contribution < 1.29 is 4.74 Å². The van der Waals surface area contributed by atoms with Crippen LogP contribution in [0, 0.1) is 0 Å². The van der Waals surface area contributed by atoms with Crippen molar-refractivity contribution in [1.29, 1.82) is 0 Å². The van der Waals surface area contributed by atoms with Crippen LogP contribution in [0.25, 0.3) is 0 Å². The molecule has 1 aromatic heterocycles. The fourth-order valence-electron chi connectivity index (χ4n) is 4.88. The smallest absolute Gasteiger partial charge is 0.232 e. The molecule has 3 aliphatic rings. The molecule has 0 aliphatic carbocycles. The minimum atomic E-state index is 0.566. The number of anilines is 4. The Balaban J connectivity index is 1.22. The fraction of sp³-hybridized carbons (Fsp3) is 0.560. The van der Waals surface area contributed by atoms with Gasteiger partial charge in [0, 0.05) is 77.2 Å². The Morgan fingerprint density at radius 2 is 1.46 bits per heavy atom. The van der Waals surface area contributed by atoms with Gasteiger partial charge in [-0.2, -0.15) is 9.97 Å². The summed E-state index contributed by atoms with van der Waals surface area (Å²) >= 11 is 5.57. The van der Waals surface area contributed by atoms with E-state index in [1.807, 2.05) is 0 Å². The highest BCUT2D eigenvalue weighted by Crippen LogP contribution is 2.26. The normalized spacial score (nSPS) is 19.1. The third kappa shape index (κ3) is 6.50. The number of hydrogen-bond donors (Lipinski definition) is 2. The molecule has 1 aromatic carbocycles. The van der Waals surface area contributed by atoms with Gasteiger partial charge in [0.2, 0.25) is 5.95 Å². The lowest BCUT2D eigenvalue weighted by Crippen LogP contribution is -2.47. The molecule has 5 rings (SSSR count). The number of rotatable bonds is 7. The Bertz CT molecular complexity index is 957. The zero-order chi connectivity index (χ0) is 23.9.